The Labute approximate surface area is 288 Å². The van der Waals surface area contributed by atoms with Crippen LogP contribution >= 0.6 is 0 Å². The van der Waals surface area contributed by atoms with Crippen LogP contribution in [0.5, 0.6) is 0 Å². The number of hydrogen-bond acceptors (Lipinski definition) is 2. The second kappa shape index (κ2) is 11.4. The Balaban J connectivity index is 1.17. The van der Waals surface area contributed by atoms with Gasteiger partial charge in [0.2, 0.25) is 5.69 Å². The summed E-state index contributed by atoms with van der Waals surface area (Å²) in [5.74, 6) is 0. The van der Waals surface area contributed by atoms with Crippen LogP contribution in [0, 0.1) is 29.2 Å². The third-order valence-corrected chi connectivity index (χ3v) is 9.64. The summed E-state index contributed by atoms with van der Waals surface area (Å²) < 4.78 is 4.37. The second-order valence-corrected chi connectivity index (χ2v) is 12.3. The number of benzene rings is 7. The van der Waals surface area contributed by atoms with E-state index in [1.807, 2.05) is 48.5 Å². The van der Waals surface area contributed by atoms with Crippen molar-refractivity contribution in [2.45, 2.75) is 0 Å². The summed E-state index contributed by atoms with van der Waals surface area (Å²) in [6, 6.07) is 55.5. The lowest BCUT2D eigenvalue weighted by molar-refractivity contribution is 1.18. The van der Waals surface area contributed by atoms with Crippen LogP contribution in [-0.4, -0.2) is 9.13 Å². The maximum atomic E-state index is 10.4. The van der Waals surface area contributed by atoms with Crippen molar-refractivity contribution >= 4 is 49.3 Å². The summed E-state index contributed by atoms with van der Waals surface area (Å²) in [4.78, 5) is 3.93. The zero-order valence-electron chi connectivity index (χ0n) is 26.7. The first-order valence-corrected chi connectivity index (χ1v) is 16.3. The van der Waals surface area contributed by atoms with Crippen LogP contribution in [-0.2, 0) is 0 Å². The molecule has 0 radical (unpaired) electrons. The first kappa shape index (κ1) is 28.8. The molecule has 0 bridgehead atoms. The Morgan fingerprint density at radius 2 is 1.00 bits per heavy atom. The SMILES string of the molecule is [C-]#[N+]c1ccc(C#N)c(-c2ccc(-c3ccc(-n4c5ccccc5c5ccccc54)cc3)cc2)c1-n1c2ccccc2c2cc(C#N)ccc21. The molecule has 0 unspecified atom stereocenters. The van der Waals surface area contributed by atoms with Crippen LogP contribution in [0.4, 0.5) is 5.69 Å². The molecule has 0 amide bonds. The lowest BCUT2D eigenvalue weighted by Crippen LogP contribution is -2.00. The van der Waals surface area contributed by atoms with Gasteiger partial charge < -0.3 is 9.13 Å². The van der Waals surface area contributed by atoms with E-state index in [4.69, 9.17) is 6.57 Å². The Kier molecular flexibility index (Phi) is 6.56. The lowest BCUT2D eigenvalue weighted by Gasteiger charge is -2.18. The third kappa shape index (κ3) is 4.31. The quantitative estimate of drug-likeness (QED) is 0.181. The minimum absolute atomic E-state index is 0.440. The number of para-hydroxylation sites is 3. The average molecular weight is 636 g/mol. The van der Waals surface area contributed by atoms with Crippen LogP contribution < -0.4 is 0 Å². The molecule has 50 heavy (non-hydrogen) atoms. The molecule has 5 heteroatoms. The van der Waals surface area contributed by atoms with Crippen LogP contribution in [0.3, 0.4) is 0 Å². The highest BCUT2D eigenvalue weighted by molar-refractivity contribution is 6.11. The number of hydrogen-bond donors (Lipinski definition) is 0. The number of rotatable bonds is 4. The van der Waals surface area contributed by atoms with Crippen molar-refractivity contribution in [2.75, 3.05) is 0 Å². The van der Waals surface area contributed by atoms with Crippen molar-refractivity contribution < 1.29 is 0 Å². The Morgan fingerprint density at radius 1 is 0.480 bits per heavy atom. The van der Waals surface area contributed by atoms with E-state index in [9.17, 15) is 10.5 Å². The van der Waals surface area contributed by atoms with Crippen molar-refractivity contribution in [3.05, 3.63) is 174 Å². The van der Waals surface area contributed by atoms with Crippen molar-refractivity contribution in [1.29, 1.82) is 10.5 Å². The van der Waals surface area contributed by atoms with Crippen molar-refractivity contribution in [2.24, 2.45) is 0 Å². The molecule has 0 saturated heterocycles. The smallest absolute Gasteiger partial charge is 0.211 e. The second-order valence-electron chi connectivity index (χ2n) is 12.3. The van der Waals surface area contributed by atoms with Gasteiger partial charge in [0.1, 0.15) is 0 Å². The van der Waals surface area contributed by atoms with Gasteiger partial charge in [-0.15, -0.1) is 0 Å². The van der Waals surface area contributed by atoms with Gasteiger partial charge in [0.25, 0.3) is 0 Å². The van der Waals surface area contributed by atoms with E-state index in [-0.39, 0.29) is 0 Å². The highest BCUT2D eigenvalue weighted by Crippen LogP contribution is 2.43. The fourth-order valence-electron chi connectivity index (χ4n) is 7.40. The summed E-state index contributed by atoms with van der Waals surface area (Å²) in [7, 11) is 0. The van der Waals surface area contributed by atoms with E-state index in [0.717, 1.165) is 44.2 Å². The molecule has 0 aliphatic rings. The van der Waals surface area contributed by atoms with Crippen LogP contribution in [0.25, 0.3) is 82.1 Å². The van der Waals surface area contributed by atoms with E-state index >= 15 is 0 Å². The summed E-state index contributed by atoms with van der Waals surface area (Å²) in [6.07, 6.45) is 0. The van der Waals surface area contributed by atoms with Gasteiger partial charge in [-0.1, -0.05) is 103 Å². The Hall–Kier alpha value is -7.39. The minimum Gasteiger partial charge on any atom is -0.318 e. The molecule has 2 aromatic heterocycles. The van der Waals surface area contributed by atoms with Gasteiger partial charge in [-0.05, 0) is 65.2 Å². The minimum atomic E-state index is 0.440. The van der Waals surface area contributed by atoms with Gasteiger partial charge in [-0.25, -0.2) is 4.85 Å². The fraction of sp³-hybridized carbons (Fsp3) is 0. The highest BCUT2D eigenvalue weighted by atomic mass is 15.0. The van der Waals surface area contributed by atoms with Crippen molar-refractivity contribution in [1.82, 2.24) is 9.13 Å². The molecule has 9 aromatic rings. The third-order valence-electron chi connectivity index (χ3n) is 9.64. The normalized spacial score (nSPS) is 11.1. The van der Waals surface area contributed by atoms with Gasteiger partial charge in [0.15, 0.2) is 0 Å². The number of fused-ring (bicyclic) bond motifs is 6. The predicted molar refractivity (Wildman–Crippen MR) is 202 cm³/mol. The van der Waals surface area contributed by atoms with Gasteiger partial charge in [0, 0.05) is 32.8 Å². The van der Waals surface area contributed by atoms with Crippen molar-refractivity contribution in [3.63, 3.8) is 0 Å². The molecular formula is C45H25N5. The largest absolute Gasteiger partial charge is 0.318 e. The number of nitriles is 2. The molecule has 0 aliphatic heterocycles. The van der Waals surface area contributed by atoms with Crippen LogP contribution in [0.15, 0.2) is 152 Å². The van der Waals surface area contributed by atoms with Gasteiger partial charge in [-0.2, -0.15) is 10.5 Å². The molecule has 0 aliphatic carbocycles. The molecule has 7 aromatic carbocycles. The van der Waals surface area contributed by atoms with Crippen LogP contribution in [0.1, 0.15) is 11.1 Å². The standard InChI is InChI=1S/C45H25N5/c1-48-39-24-21-33(28-47)44(45(39)50-42-13-7-4-10-37(42)38-26-29(27-46)14-25-43(38)50)32-17-15-30(16-18-32)31-19-22-34(23-20-31)49-40-11-5-2-8-35(40)36-9-3-6-12-41(36)49/h2-26H. The molecule has 0 atom stereocenters. The van der Waals surface area contributed by atoms with Crippen LogP contribution in [0.2, 0.25) is 0 Å². The summed E-state index contributed by atoms with van der Waals surface area (Å²) in [6.45, 7) is 8.14. The van der Waals surface area contributed by atoms with Gasteiger partial charge in [0.05, 0.1) is 57.6 Å². The molecular weight excluding hydrogens is 611 g/mol. The summed E-state index contributed by atoms with van der Waals surface area (Å²) in [5.41, 5.74) is 11.0. The summed E-state index contributed by atoms with van der Waals surface area (Å²) in [5, 5.41) is 24.4. The average Bonchev–Trinajstić information content (AvgIpc) is 3.70. The Morgan fingerprint density at radius 3 is 1.58 bits per heavy atom. The zero-order valence-corrected chi connectivity index (χ0v) is 26.7. The monoisotopic (exact) mass is 635 g/mol. The highest BCUT2D eigenvalue weighted by Gasteiger charge is 2.22. The molecule has 0 saturated carbocycles. The number of aromatic nitrogens is 2. The summed E-state index contributed by atoms with van der Waals surface area (Å²) >= 11 is 0. The van der Waals surface area contributed by atoms with E-state index in [1.165, 1.54) is 21.8 Å². The van der Waals surface area contributed by atoms with E-state index in [0.29, 0.717) is 28.1 Å². The topological polar surface area (TPSA) is 61.8 Å². The van der Waals surface area contributed by atoms with Crippen molar-refractivity contribution in [3.8, 4) is 45.8 Å². The Bertz CT molecular complexity index is 2890. The molecule has 0 N–H and O–H groups in total. The van der Waals surface area contributed by atoms with E-state index in [1.54, 1.807) is 18.2 Å². The lowest BCUT2D eigenvalue weighted by atomic mass is 9.94. The van der Waals surface area contributed by atoms with E-state index in [2.05, 4.69) is 111 Å². The molecule has 5 nitrogen and oxygen atoms in total. The van der Waals surface area contributed by atoms with E-state index < -0.39 is 0 Å². The molecule has 230 valence electrons. The molecule has 0 fully saturated rings. The first-order valence-electron chi connectivity index (χ1n) is 16.3. The maximum Gasteiger partial charge on any atom is 0.211 e. The van der Waals surface area contributed by atoms with Gasteiger partial charge >= 0.3 is 0 Å². The van der Waals surface area contributed by atoms with Gasteiger partial charge in [-0.3, -0.25) is 0 Å². The molecule has 2 heterocycles. The molecule has 9 rings (SSSR count). The first-order chi connectivity index (χ1) is 24.7. The zero-order chi connectivity index (χ0) is 33.8. The predicted octanol–water partition coefficient (Wildman–Crippen LogP) is 11.5. The molecule has 0 spiro atoms. The maximum absolute atomic E-state index is 10.4. The number of nitrogens with zero attached hydrogens (tertiary/aromatic N) is 5. The fourth-order valence-corrected chi connectivity index (χ4v) is 7.40.